The molecule has 0 amide bonds. The summed E-state index contributed by atoms with van der Waals surface area (Å²) in [7, 11) is 0. The molecule has 6 heteroatoms. The maximum atomic E-state index is 13.0. The lowest BCUT2D eigenvalue weighted by Crippen LogP contribution is -2.30. The minimum Gasteiger partial charge on any atom is -0.462 e. The van der Waals surface area contributed by atoms with Gasteiger partial charge in [-0.05, 0) is 70.6 Å². The van der Waals surface area contributed by atoms with Crippen molar-refractivity contribution in [3.05, 3.63) is 36.5 Å². The number of carbonyl (C=O) groups excluding carboxylic acids is 3. The summed E-state index contributed by atoms with van der Waals surface area (Å²) in [5.41, 5.74) is 0. The topological polar surface area (TPSA) is 78.9 Å². The van der Waals surface area contributed by atoms with Crippen molar-refractivity contribution in [2.45, 2.75) is 412 Å². The molecule has 0 aliphatic heterocycles. The third-order valence-corrected chi connectivity index (χ3v) is 16.6. The number of rotatable bonds is 68. The van der Waals surface area contributed by atoms with E-state index in [9.17, 15) is 14.4 Å². The van der Waals surface area contributed by atoms with Gasteiger partial charge in [0.1, 0.15) is 13.2 Å². The Morgan fingerprint density at radius 1 is 0.247 bits per heavy atom. The lowest BCUT2D eigenvalue weighted by molar-refractivity contribution is -0.167. The van der Waals surface area contributed by atoms with Crippen molar-refractivity contribution in [3.63, 3.8) is 0 Å². The van der Waals surface area contributed by atoms with Crippen LogP contribution in [0.15, 0.2) is 36.5 Å². The van der Waals surface area contributed by atoms with Gasteiger partial charge in [0.15, 0.2) is 6.10 Å². The molecule has 1 unspecified atom stereocenters. The monoisotopic (exact) mass is 1140 g/mol. The van der Waals surface area contributed by atoms with Crippen LogP contribution in [0.3, 0.4) is 0 Å². The van der Waals surface area contributed by atoms with Crippen LogP contribution in [0.4, 0.5) is 0 Å². The zero-order chi connectivity index (χ0) is 58.5. The zero-order valence-corrected chi connectivity index (χ0v) is 54.8. The van der Waals surface area contributed by atoms with Crippen molar-refractivity contribution < 1.29 is 28.6 Å². The number of hydrogen-bond donors (Lipinski definition) is 0. The predicted octanol–water partition coefficient (Wildman–Crippen LogP) is 25.1. The zero-order valence-electron chi connectivity index (χ0n) is 54.8. The third kappa shape index (κ3) is 68.3. The number of ether oxygens (including phenoxy) is 3. The second-order valence-corrected chi connectivity index (χ2v) is 24.9. The molecule has 0 bridgehead atoms. The fourth-order valence-electron chi connectivity index (χ4n) is 11.1. The smallest absolute Gasteiger partial charge is 0.306 e. The molecule has 6 nitrogen and oxygen atoms in total. The first kappa shape index (κ1) is 78.6. The van der Waals surface area contributed by atoms with Crippen LogP contribution >= 0.6 is 0 Å². The minimum atomic E-state index is -0.773. The van der Waals surface area contributed by atoms with E-state index in [1.54, 1.807) is 0 Å². The molecule has 0 rings (SSSR count). The fourth-order valence-corrected chi connectivity index (χ4v) is 11.1. The molecule has 0 heterocycles. The van der Waals surface area contributed by atoms with E-state index in [0.717, 1.165) is 70.6 Å². The summed E-state index contributed by atoms with van der Waals surface area (Å²) in [5, 5.41) is 0. The molecule has 0 aliphatic carbocycles. The Kier molecular flexibility index (Phi) is 68.1. The number of allylic oxidation sites excluding steroid dienone is 6. The Hall–Kier alpha value is -2.37. The molecule has 81 heavy (non-hydrogen) atoms. The quantitative estimate of drug-likeness (QED) is 0.0261. The maximum absolute atomic E-state index is 13.0. The molecular formula is C75H140O6. The predicted molar refractivity (Wildman–Crippen MR) is 353 cm³/mol. The number of esters is 3. The van der Waals surface area contributed by atoms with E-state index in [4.69, 9.17) is 14.2 Å². The summed E-state index contributed by atoms with van der Waals surface area (Å²) < 4.78 is 17.0. The van der Waals surface area contributed by atoms with Gasteiger partial charge in [0.05, 0.1) is 0 Å². The summed E-state index contributed by atoms with van der Waals surface area (Å²) in [4.78, 5) is 38.4. The summed E-state index contributed by atoms with van der Waals surface area (Å²) in [6.07, 6.45) is 87.7. The normalized spacial score (nSPS) is 12.2. The molecule has 1 atom stereocenters. The number of hydrogen-bond acceptors (Lipinski definition) is 6. The van der Waals surface area contributed by atoms with Crippen molar-refractivity contribution in [1.82, 2.24) is 0 Å². The van der Waals surface area contributed by atoms with Crippen molar-refractivity contribution in [2.24, 2.45) is 0 Å². The van der Waals surface area contributed by atoms with Crippen LogP contribution in [0, 0.1) is 0 Å². The van der Waals surface area contributed by atoms with E-state index in [1.807, 2.05) is 0 Å². The molecule has 0 aromatic heterocycles. The summed E-state index contributed by atoms with van der Waals surface area (Å²) >= 11 is 0. The SMILES string of the molecule is CCCC/C=C\CCCCCCCC(=O)OCC(COC(=O)CCCCCCCCCCCCCCCCC/C=C\C/C=C\CCCCCCC)OC(=O)CCCCCCCCCCCCCCCCCCCCCCCCCCC. The molecular weight excluding hydrogens is 997 g/mol. The van der Waals surface area contributed by atoms with Gasteiger partial charge in [-0.25, -0.2) is 0 Å². The Bertz CT molecular complexity index is 1350. The van der Waals surface area contributed by atoms with Gasteiger partial charge in [0, 0.05) is 19.3 Å². The summed E-state index contributed by atoms with van der Waals surface area (Å²) in [6, 6.07) is 0. The van der Waals surface area contributed by atoms with Gasteiger partial charge in [0.25, 0.3) is 0 Å². The van der Waals surface area contributed by atoms with E-state index in [-0.39, 0.29) is 31.1 Å². The Morgan fingerprint density at radius 2 is 0.457 bits per heavy atom. The van der Waals surface area contributed by atoms with Gasteiger partial charge in [-0.3, -0.25) is 14.4 Å². The standard InChI is InChI=1S/C75H140O6/c1-4-7-10-13-16-19-22-24-26-28-30-32-34-36-37-39-40-42-44-46-48-50-53-56-59-62-65-68-74(77)80-71-72(70-79-73(76)67-64-61-58-55-52-21-18-15-12-9-6-3)81-75(78)69-66-63-60-57-54-51-49-47-45-43-41-38-35-33-31-29-27-25-23-20-17-14-11-8-5-2/h15,18,22,24,28,30,72H,4-14,16-17,19-21,23,25-27,29,31-71H2,1-3H3/b18-15-,24-22-,30-28-. The highest BCUT2D eigenvalue weighted by Gasteiger charge is 2.19. The Labute approximate surface area is 506 Å². The van der Waals surface area contributed by atoms with Crippen LogP contribution in [0.5, 0.6) is 0 Å². The van der Waals surface area contributed by atoms with Gasteiger partial charge < -0.3 is 14.2 Å². The van der Waals surface area contributed by atoms with Crippen LogP contribution < -0.4 is 0 Å². The van der Waals surface area contributed by atoms with Crippen molar-refractivity contribution in [1.29, 1.82) is 0 Å². The average molecular weight is 1140 g/mol. The highest BCUT2D eigenvalue weighted by molar-refractivity contribution is 5.71. The second kappa shape index (κ2) is 70.1. The van der Waals surface area contributed by atoms with Gasteiger partial charge in [-0.2, -0.15) is 0 Å². The molecule has 0 radical (unpaired) electrons. The highest BCUT2D eigenvalue weighted by atomic mass is 16.6. The van der Waals surface area contributed by atoms with E-state index in [0.29, 0.717) is 19.3 Å². The summed E-state index contributed by atoms with van der Waals surface area (Å²) in [6.45, 7) is 6.66. The van der Waals surface area contributed by atoms with E-state index in [2.05, 4.69) is 57.2 Å². The molecule has 0 aromatic carbocycles. The molecule has 0 saturated carbocycles. The van der Waals surface area contributed by atoms with Crippen molar-refractivity contribution in [2.75, 3.05) is 13.2 Å². The van der Waals surface area contributed by atoms with Crippen LogP contribution in [-0.4, -0.2) is 37.2 Å². The fraction of sp³-hybridized carbons (Fsp3) is 0.880. The number of carbonyl (C=O) groups is 3. The lowest BCUT2D eigenvalue weighted by Gasteiger charge is -2.18. The minimum absolute atomic E-state index is 0.0696. The average Bonchev–Trinajstić information content (AvgIpc) is 3.47. The molecule has 0 N–H and O–H groups in total. The largest absolute Gasteiger partial charge is 0.462 e. The Balaban J connectivity index is 4.15. The van der Waals surface area contributed by atoms with Crippen molar-refractivity contribution >= 4 is 17.9 Å². The van der Waals surface area contributed by atoms with E-state index in [1.165, 1.54) is 295 Å². The Morgan fingerprint density at radius 3 is 0.728 bits per heavy atom. The molecule has 0 aliphatic rings. The highest BCUT2D eigenvalue weighted by Crippen LogP contribution is 2.19. The third-order valence-electron chi connectivity index (χ3n) is 16.6. The first-order valence-electron chi connectivity index (χ1n) is 36.5. The first-order valence-corrected chi connectivity index (χ1v) is 36.5. The van der Waals surface area contributed by atoms with Crippen molar-refractivity contribution in [3.8, 4) is 0 Å². The van der Waals surface area contributed by atoms with Gasteiger partial charge in [-0.15, -0.1) is 0 Å². The molecule has 0 fully saturated rings. The first-order chi connectivity index (χ1) is 40.0. The lowest BCUT2D eigenvalue weighted by atomic mass is 10.0. The molecule has 0 aromatic rings. The maximum Gasteiger partial charge on any atom is 0.306 e. The molecule has 0 saturated heterocycles. The molecule has 476 valence electrons. The van der Waals surface area contributed by atoms with E-state index >= 15 is 0 Å². The van der Waals surface area contributed by atoms with Gasteiger partial charge >= 0.3 is 17.9 Å². The van der Waals surface area contributed by atoms with Crippen LogP contribution in [0.1, 0.15) is 406 Å². The molecule has 0 spiro atoms. The van der Waals surface area contributed by atoms with Crippen LogP contribution in [-0.2, 0) is 28.6 Å². The van der Waals surface area contributed by atoms with E-state index < -0.39 is 6.10 Å². The van der Waals surface area contributed by atoms with Crippen LogP contribution in [0.2, 0.25) is 0 Å². The second-order valence-electron chi connectivity index (χ2n) is 24.9. The van der Waals surface area contributed by atoms with Crippen LogP contribution in [0.25, 0.3) is 0 Å². The van der Waals surface area contributed by atoms with Gasteiger partial charge in [-0.1, -0.05) is 353 Å². The van der Waals surface area contributed by atoms with Gasteiger partial charge in [0.2, 0.25) is 0 Å². The number of unbranched alkanes of at least 4 members (excludes halogenated alkanes) is 51. The summed E-state index contributed by atoms with van der Waals surface area (Å²) in [5.74, 6) is -0.850.